The first-order chi connectivity index (χ1) is 9.31. The average Bonchev–Trinajstić information content (AvgIpc) is 2.98. The Balaban J connectivity index is 2.09. The molecule has 19 heavy (non-hydrogen) atoms. The Bertz CT molecular complexity index is 493. The van der Waals surface area contributed by atoms with E-state index in [1.54, 1.807) is 18.6 Å². The van der Waals surface area contributed by atoms with Crippen LogP contribution < -0.4 is 0 Å². The monoisotopic (exact) mass is 257 g/mol. The molecule has 100 valence electrons. The first-order valence-corrected chi connectivity index (χ1v) is 6.62. The summed E-state index contributed by atoms with van der Waals surface area (Å²) in [5, 5.41) is 0. The van der Waals surface area contributed by atoms with E-state index in [4.69, 9.17) is 0 Å². The van der Waals surface area contributed by atoms with Crippen LogP contribution in [0.5, 0.6) is 0 Å². The second-order valence-corrected chi connectivity index (χ2v) is 4.54. The summed E-state index contributed by atoms with van der Waals surface area (Å²) in [6.07, 6.45) is 9.15. The third kappa shape index (κ3) is 3.68. The highest BCUT2D eigenvalue weighted by molar-refractivity contribution is 5.93. The fourth-order valence-electron chi connectivity index (χ4n) is 1.95. The van der Waals surface area contributed by atoms with E-state index in [0.717, 1.165) is 24.9 Å². The zero-order valence-corrected chi connectivity index (χ0v) is 11.2. The van der Waals surface area contributed by atoms with E-state index in [1.165, 1.54) is 0 Å². The fraction of sp³-hybridized carbons (Fsp3) is 0.333. The van der Waals surface area contributed by atoms with E-state index in [0.29, 0.717) is 12.1 Å². The lowest BCUT2D eigenvalue weighted by Crippen LogP contribution is -2.31. The molecule has 0 saturated carbocycles. The fourth-order valence-corrected chi connectivity index (χ4v) is 1.95. The van der Waals surface area contributed by atoms with Gasteiger partial charge in [0.05, 0.1) is 5.56 Å². The molecule has 1 N–H and O–H groups in total. The van der Waals surface area contributed by atoms with Crippen molar-refractivity contribution in [2.45, 2.75) is 26.3 Å². The Morgan fingerprint density at radius 1 is 1.42 bits per heavy atom. The van der Waals surface area contributed by atoms with Crippen LogP contribution in [0, 0.1) is 0 Å². The maximum absolute atomic E-state index is 12.4. The quantitative estimate of drug-likeness (QED) is 0.865. The van der Waals surface area contributed by atoms with Crippen LogP contribution in [0.2, 0.25) is 0 Å². The third-order valence-electron chi connectivity index (χ3n) is 3.01. The van der Waals surface area contributed by atoms with Gasteiger partial charge in [0.15, 0.2) is 0 Å². The number of unbranched alkanes of at least 4 members (excludes halogenated alkanes) is 1. The Morgan fingerprint density at radius 2 is 2.32 bits per heavy atom. The average molecular weight is 257 g/mol. The zero-order chi connectivity index (χ0) is 13.5. The maximum Gasteiger partial charge on any atom is 0.255 e. The van der Waals surface area contributed by atoms with Crippen molar-refractivity contribution < 1.29 is 4.79 Å². The van der Waals surface area contributed by atoms with Gasteiger partial charge in [0.25, 0.3) is 5.91 Å². The normalized spacial score (nSPS) is 10.4. The molecular formula is C15H19N3O. The molecule has 0 saturated heterocycles. The maximum atomic E-state index is 12.4. The zero-order valence-electron chi connectivity index (χ0n) is 11.2. The lowest BCUT2D eigenvalue weighted by atomic mass is 10.2. The van der Waals surface area contributed by atoms with Crippen LogP contribution in [0.4, 0.5) is 0 Å². The van der Waals surface area contributed by atoms with Gasteiger partial charge in [-0.2, -0.15) is 0 Å². The van der Waals surface area contributed by atoms with Crippen LogP contribution in [0.25, 0.3) is 0 Å². The van der Waals surface area contributed by atoms with Crippen LogP contribution in [0.15, 0.2) is 43.0 Å². The number of amides is 1. The molecule has 0 radical (unpaired) electrons. The smallest absolute Gasteiger partial charge is 0.255 e. The Kier molecular flexibility index (Phi) is 4.72. The van der Waals surface area contributed by atoms with Gasteiger partial charge in [-0.3, -0.25) is 9.78 Å². The molecule has 2 rings (SSSR count). The Labute approximate surface area is 113 Å². The SMILES string of the molecule is CCCCN(Cc1cccnc1)C(=O)c1cc[nH]c1. The minimum Gasteiger partial charge on any atom is -0.367 e. The molecule has 1 amide bonds. The van der Waals surface area contributed by atoms with Crippen molar-refractivity contribution in [3.8, 4) is 0 Å². The number of rotatable bonds is 6. The molecule has 4 nitrogen and oxygen atoms in total. The lowest BCUT2D eigenvalue weighted by Gasteiger charge is -2.22. The molecule has 0 fully saturated rings. The first-order valence-electron chi connectivity index (χ1n) is 6.62. The molecule has 2 heterocycles. The van der Waals surface area contributed by atoms with E-state index in [-0.39, 0.29) is 5.91 Å². The van der Waals surface area contributed by atoms with Crippen LogP contribution in [-0.2, 0) is 6.54 Å². The predicted molar refractivity (Wildman–Crippen MR) is 74.7 cm³/mol. The number of carbonyl (C=O) groups excluding carboxylic acids is 1. The number of aromatic nitrogens is 2. The van der Waals surface area contributed by atoms with Gasteiger partial charge in [0.2, 0.25) is 0 Å². The molecule has 4 heteroatoms. The van der Waals surface area contributed by atoms with Gasteiger partial charge in [0, 0.05) is 37.9 Å². The topological polar surface area (TPSA) is 49.0 Å². The molecule has 0 unspecified atom stereocenters. The summed E-state index contributed by atoms with van der Waals surface area (Å²) in [6, 6.07) is 5.70. The van der Waals surface area contributed by atoms with Crippen LogP contribution in [0.1, 0.15) is 35.7 Å². The second kappa shape index (κ2) is 6.73. The van der Waals surface area contributed by atoms with Crippen molar-refractivity contribution in [2.24, 2.45) is 0 Å². The van der Waals surface area contributed by atoms with Gasteiger partial charge in [0.1, 0.15) is 0 Å². The van der Waals surface area contributed by atoms with Crippen LogP contribution in [-0.4, -0.2) is 27.3 Å². The second-order valence-electron chi connectivity index (χ2n) is 4.54. The van der Waals surface area contributed by atoms with Gasteiger partial charge in [-0.15, -0.1) is 0 Å². The number of aromatic amines is 1. The molecule has 0 bridgehead atoms. The Hall–Kier alpha value is -2.10. The summed E-state index contributed by atoms with van der Waals surface area (Å²) in [5.74, 6) is 0.0681. The van der Waals surface area contributed by atoms with Crippen molar-refractivity contribution in [2.75, 3.05) is 6.54 Å². The van der Waals surface area contributed by atoms with Crippen molar-refractivity contribution in [1.29, 1.82) is 0 Å². The van der Waals surface area contributed by atoms with Gasteiger partial charge in [-0.05, 0) is 24.1 Å². The summed E-state index contributed by atoms with van der Waals surface area (Å²) in [6.45, 7) is 3.51. The molecule has 0 aliphatic heterocycles. The van der Waals surface area contributed by atoms with Crippen LogP contribution in [0.3, 0.4) is 0 Å². The summed E-state index contributed by atoms with van der Waals surface area (Å²) < 4.78 is 0. The largest absolute Gasteiger partial charge is 0.367 e. The van der Waals surface area contributed by atoms with E-state index < -0.39 is 0 Å². The molecule has 0 aromatic carbocycles. The van der Waals surface area contributed by atoms with Gasteiger partial charge < -0.3 is 9.88 Å². The lowest BCUT2D eigenvalue weighted by molar-refractivity contribution is 0.0741. The number of nitrogens with one attached hydrogen (secondary N) is 1. The molecule has 2 aromatic heterocycles. The van der Waals surface area contributed by atoms with E-state index in [2.05, 4.69) is 16.9 Å². The molecule has 0 aliphatic rings. The highest BCUT2D eigenvalue weighted by atomic mass is 16.2. The highest BCUT2D eigenvalue weighted by Gasteiger charge is 2.15. The van der Waals surface area contributed by atoms with Crippen molar-refractivity contribution in [1.82, 2.24) is 14.9 Å². The minimum absolute atomic E-state index is 0.0681. The highest BCUT2D eigenvalue weighted by Crippen LogP contribution is 2.10. The van der Waals surface area contributed by atoms with Gasteiger partial charge >= 0.3 is 0 Å². The van der Waals surface area contributed by atoms with Crippen molar-refractivity contribution in [3.05, 3.63) is 54.1 Å². The minimum atomic E-state index is 0.0681. The number of hydrogen-bond acceptors (Lipinski definition) is 2. The van der Waals surface area contributed by atoms with Crippen molar-refractivity contribution in [3.63, 3.8) is 0 Å². The van der Waals surface area contributed by atoms with E-state index in [1.807, 2.05) is 29.3 Å². The number of nitrogens with zero attached hydrogens (tertiary/aromatic N) is 2. The molecule has 0 aliphatic carbocycles. The molecule has 2 aromatic rings. The third-order valence-corrected chi connectivity index (χ3v) is 3.01. The summed E-state index contributed by atoms with van der Waals surface area (Å²) in [5.41, 5.74) is 1.77. The summed E-state index contributed by atoms with van der Waals surface area (Å²) >= 11 is 0. The number of pyridine rings is 1. The Morgan fingerprint density at radius 3 is 2.95 bits per heavy atom. The van der Waals surface area contributed by atoms with E-state index >= 15 is 0 Å². The molecule has 0 atom stereocenters. The standard InChI is InChI=1S/C15H19N3O/c1-2-3-9-18(12-13-5-4-7-16-10-13)15(19)14-6-8-17-11-14/h4-8,10-11,17H,2-3,9,12H2,1H3. The molecule has 0 spiro atoms. The predicted octanol–water partition coefficient (Wildman–Crippen LogP) is 2.85. The number of H-pyrrole nitrogens is 1. The number of hydrogen-bond donors (Lipinski definition) is 1. The molecular weight excluding hydrogens is 238 g/mol. The number of carbonyl (C=O) groups is 1. The summed E-state index contributed by atoms with van der Waals surface area (Å²) in [7, 11) is 0. The van der Waals surface area contributed by atoms with Crippen molar-refractivity contribution >= 4 is 5.91 Å². The van der Waals surface area contributed by atoms with E-state index in [9.17, 15) is 4.79 Å². The van der Waals surface area contributed by atoms with Gasteiger partial charge in [-0.25, -0.2) is 0 Å². The first kappa shape index (κ1) is 13.3. The van der Waals surface area contributed by atoms with Gasteiger partial charge in [-0.1, -0.05) is 19.4 Å². The summed E-state index contributed by atoms with van der Waals surface area (Å²) in [4.78, 5) is 21.3. The van der Waals surface area contributed by atoms with Crippen LogP contribution >= 0.6 is 0 Å².